The Morgan fingerprint density at radius 2 is 1.76 bits per heavy atom. The zero-order valence-corrected chi connectivity index (χ0v) is 17.9. The van der Waals surface area contributed by atoms with Crippen LogP contribution in [0.3, 0.4) is 0 Å². The van der Waals surface area contributed by atoms with E-state index in [9.17, 15) is 19.5 Å². The first kappa shape index (κ1) is 24.6. The predicted octanol–water partition coefficient (Wildman–Crippen LogP) is 2.51. The van der Waals surface area contributed by atoms with Gasteiger partial charge in [0.05, 0.1) is 18.2 Å². The van der Waals surface area contributed by atoms with Crippen LogP contribution in [-0.2, 0) is 20.7 Å². The minimum Gasteiger partial charge on any atom is -0.444 e. The van der Waals surface area contributed by atoms with Gasteiger partial charge in [0.1, 0.15) is 5.60 Å². The molecule has 29 heavy (non-hydrogen) atoms. The van der Waals surface area contributed by atoms with Crippen LogP contribution in [0.2, 0.25) is 0 Å². The molecule has 1 unspecified atom stereocenters. The Bertz CT molecular complexity index is 655. The number of amides is 2. The molecule has 0 aliphatic heterocycles. The van der Waals surface area contributed by atoms with Gasteiger partial charge in [-0.05, 0) is 45.1 Å². The van der Waals surface area contributed by atoms with Crippen LogP contribution in [-0.4, -0.2) is 47.2 Å². The van der Waals surface area contributed by atoms with Crippen LogP contribution in [0.15, 0.2) is 30.3 Å². The second-order valence-corrected chi connectivity index (χ2v) is 8.46. The van der Waals surface area contributed by atoms with Crippen LogP contribution in [0.4, 0.5) is 4.79 Å². The molecule has 1 radical (unpaired) electrons. The molecule has 161 valence electrons. The molecule has 0 bridgehead atoms. The van der Waals surface area contributed by atoms with E-state index < -0.39 is 29.9 Å². The third-order valence-electron chi connectivity index (χ3n) is 4.24. The minimum absolute atomic E-state index is 0.0212. The summed E-state index contributed by atoms with van der Waals surface area (Å²) in [5, 5.41) is 15.9. The number of benzene rings is 1. The summed E-state index contributed by atoms with van der Waals surface area (Å²) in [6.45, 7) is 8.90. The zero-order chi connectivity index (χ0) is 22.0. The Balaban J connectivity index is 2.73. The Morgan fingerprint density at radius 1 is 1.14 bits per heavy atom. The quantitative estimate of drug-likeness (QED) is 0.555. The molecule has 0 saturated carbocycles. The molecule has 0 fully saturated rings. The van der Waals surface area contributed by atoms with Crippen molar-refractivity contribution in [1.29, 1.82) is 0 Å². The molecule has 7 nitrogen and oxygen atoms in total. The average Bonchev–Trinajstić information content (AvgIpc) is 2.62. The van der Waals surface area contributed by atoms with Crippen LogP contribution in [0.25, 0.3) is 0 Å². The van der Waals surface area contributed by atoms with Gasteiger partial charge in [0.25, 0.3) is 0 Å². The molecule has 2 amide bonds. The van der Waals surface area contributed by atoms with Crippen molar-refractivity contribution in [3.63, 3.8) is 0 Å². The topological polar surface area (TPSA) is 105 Å². The third kappa shape index (κ3) is 10.1. The van der Waals surface area contributed by atoms with Crippen molar-refractivity contribution in [3.05, 3.63) is 35.9 Å². The largest absolute Gasteiger partial charge is 0.444 e. The second-order valence-electron chi connectivity index (χ2n) is 8.46. The lowest BCUT2D eigenvalue weighted by atomic mass is 9.98. The summed E-state index contributed by atoms with van der Waals surface area (Å²) in [4.78, 5) is 35.2. The normalized spacial score (nSPS) is 14.6. The van der Waals surface area contributed by atoms with Crippen molar-refractivity contribution in [2.45, 2.75) is 77.7 Å². The van der Waals surface area contributed by atoms with Crippen molar-refractivity contribution in [2.75, 3.05) is 0 Å². The minimum atomic E-state index is -0.966. The molecule has 0 aliphatic carbocycles. The molecular weight excluding hydrogens is 372 g/mol. The Kier molecular flexibility index (Phi) is 9.81. The van der Waals surface area contributed by atoms with Gasteiger partial charge < -0.3 is 20.5 Å². The standard InChI is InChI=1S/C22H33N2O5/c1-15(2)18(14-25)23-20(27)12-11-19(26)17(13-16-9-7-6-8-10-16)24-21(28)29-22(3,4)5/h6-10,15,17-19,26H,11-13H2,1-5H3,(H,23,27)(H,24,28)/t17-,18?,19-/m0/s1. The van der Waals surface area contributed by atoms with E-state index in [1.54, 1.807) is 27.1 Å². The second kappa shape index (κ2) is 11.6. The smallest absolute Gasteiger partial charge is 0.407 e. The van der Waals surface area contributed by atoms with Gasteiger partial charge in [-0.2, -0.15) is 0 Å². The highest BCUT2D eigenvalue weighted by atomic mass is 16.6. The van der Waals surface area contributed by atoms with Crippen LogP contribution < -0.4 is 10.6 Å². The lowest BCUT2D eigenvalue weighted by Crippen LogP contribution is -2.47. The molecule has 0 aromatic heterocycles. The first-order chi connectivity index (χ1) is 13.5. The van der Waals surface area contributed by atoms with Crippen LogP contribution in [0.5, 0.6) is 0 Å². The molecule has 0 heterocycles. The molecular formula is C22H33N2O5. The lowest BCUT2D eigenvalue weighted by molar-refractivity contribution is -0.122. The number of hydrogen-bond acceptors (Lipinski definition) is 5. The van der Waals surface area contributed by atoms with Crippen LogP contribution in [0.1, 0.15) is 53.0 Å². The average molecular weight is 406 g/mol. The van der Waals surface area contributed by atoms with E-state index in [-0.39, 0.29) is 24.7 Å². The number of hydrogen-bond donors (Lipinski definition) is 3. The number of nitrogens with one attached hydrogen (secondary N) is 2. The SMILES string of the molecule is CC(C)C([C]=O)NC(=O)CC[C@H](O)[C@H](Cc1ccccc1)NC(=O)OC(C)(C)C. The molecule has 1 aromatic carbocycles. The zero-order valence-electron chi connectivity index (χ0n) is 17.9. The van der Waals surface area contributed by atoms with Crippen molar-refractivity contribution in [2.24, 2.45) is 5.92 Å². The van der Waals surface area contributed by atoms with E-state index in [1.807, 2.05) is 44.2 Å². The summed E-state index contributed by atoms with van der Waals surface area (Å²) in [5.74, 6) is -0.414. The number of alkyl carbamates (subject to hydrolysis) is 1. The van der Waals surface area contributed by atoms with Gasteiger partial charge >= 0.3 is 6.09 Å². The molecule has 3 N–H and O–H groups in total. The number of carbonyl (C=O) groups is 2. The summed E-state index contributed by atoms with van der Waals surface area (Å²) in [6.07, 6.45) is 0.749. The fraction of sp³-hybridized carbons (Fsp3) is 0.591. The van der Waals surface area contributed by atoms with Crippen molar-refractivity contribution < 1.29 is 24.2 Å². The Labute approximate surface area is 173 Å². The van der Waals surface area contributed by atoms with Gasteiger partial charge in [-0.15, -0.1) is 0 Å². The van der Waals surface area contributed by atoms with Gasteiger partial charge in [-0.25, -0.2) is 4.79 Å². The highest BCUT2D eigenvalue weighted by molar-refractivity contribution is 5.79. The van der Waals surface area contributed by atoms with Gasteiger partial charge in [-0.3, -0.25) is 9.59 Å². The fourth-order valence-electron chi connectivity index (χ4n) is 2.67. The van der Waals surface area contributed by atoms with E-state index in [0.717, 1.165) is 5.56 Å². The van der Waals surface area contributed by atoms with Crippen molar-refractivity contribution in [3.8, 4) is 0 Å². The summed E-state index contributed by atoms with van der Waals surface area (Å²) >= 11 is 0. The van der Waals surface area contributed by atoms with Gasteiger partial charge in [0.15, 0.2) is 0 Å². The Hall–Kier alpha value is -2.41. The maximum atomic E-state index is 12.2. The number of rotatable bonds is 10. The Morgan fingerprint density at radius 3 is 2.28 bits per heavy atom. The van der Waals surface area contributed by atoms with E-state index >= 15 is 0 Å². The summed E-state index contributed by atoms with van der Waals surface area (Å²) in [5.41, 5.74) is 0.274. The van der Waals surface area contributed by atoms with Crippen LogP contribution >= 0.6 is 0 Å². The van der Waals surface area contributed by atoms with E-state index in [4.69, 9.17) is 4.74 Å². The molecule has 3 atom stereocenters. The molecule has 7 heteroatoms. The fourth-order valence-corrected chi connectivity index (χ4v) is 2.67. The van der Waals surface area contributed by atoms with E-state index in [2.05, 4.69) is 10.6 Å². The third-order valence-corrected chi connectivity index (χ3v) is 4.24. The molecule has 1 rings (SSSR count). The first-order valence-corrected chi connectivity index (χ1v) is 9.90. The highest BCUT2D eigenvalue weighted by Gasteiger charge is 2.26. The van der Waals surface area contributed by atoms with Crippen LogP contribution in [0, 0.1) is 5.92 Å². The van der Waals surface area contributed by atoms with Crippen molar-refractivity contribution >= 4 is 18.3 Å². The predicted molar refractivity (Wildman–Crippen MR) is 111 cm³/mol. The number of aliphatic hydroxyl groups is 1. The molecule has 0 aliphatic rings. The van der Waals surface area contributed by atoms with Crippen molar-refractivity contribution in [1.82, 2.24) is 10.6 Å². The van der Waals surface area contributed by atoms with Gasteiger partial charge in [-0.1, -0.05) is 44.2 Å². The summed E-state index contributed by atoms with van der Waals surface area (Å²) in [7, 11) is 0. The van der Waals surface area contributed by atoms with Gasteiger partial charge in [0.2, 0.25) is 12.2 Å². The molecule has 1 aromatic rings. The maximum Gasteiger partial charge on any atom is 0.407 e. The monoisotopic (exact) mass is 405 g/mol. The summed E-state index contributed by atoms with van der Waals surface area (Å²) in [6, 6.07) is 8.13. The number of aliphatic hydroxyl groups excluding tert-OH is 1. The molecule has 0 spiro atoms. The summed E-state index contributed by atoms with van der Waals surface area (Å²) < 4.78 is 5.29. The molecule has 0 saturated heterocycles. The number of ether oxygens (including phenoxy) is 1. The number of carbonyl (C=O) groups excluding carboxylic acids is 3. The van der Waals surface area contributed by atoms with E-state index in [1.165, 1.54) is 0 Å². The lowest BCUT2D eigenvalue weighted by Gasteiger charge is -2.27. The van der Waals surface area contributed by atoms with Gasteiger partial charge in [0, 0.05) is 6.42 Å². The maximum absolute atomic E-state index is 12.2. The first-order valence-electron chi connectivity index (χ1n) is 9.90. The highest BCUT2D eigenvalue weighted by Crippen LogP contribution is 2.13. The van der Waals surface area contributed by atoms with E-state index in [0.29, 0.717) is 6.42 Å².